The fourth-order valence-corrected chi connectivity index (χ4v) is 3.41. The van der Waals surface area contributed by atoms with Gasteiger partial charge in [-0.15, -0.1) is 0 Å². The molecule has 0 amide bonds. The number of hydrogen-bond acceptors (Lipinski definition) is 7. The summed E-state index contributed by atoms with van der Waals surface area (Å²) in [4.78, 5) is 7.32. The second kappa shape index (κ2) is 7.64. The molecule has 2 aromatic heterocycles. The molecule has 0 saturated carbocycles. The van der Waals surface area contributed by atoms with Crippen molar-refractivity contribution in [1.29, 1.82) is 0 Å². The van der Waals surface area contributed by atoms with Crippen LogP contribution in [-0.4, -0.2) is 35.1 Å². The highest BCUT2D eigenvalue weighted by molar-refractivity contribution is 7.89. The van der Waals surface area contributed by atoms with Crippen molar-refractivity contribution in [1.82, 2.24) is 19.7 Å². The molecule has 0 atom stereocenters. The van der Waals surface area contributed by atoms with Crippen LogP contribution in [0.25, 0.3) is 10.9 Å². The molecule has 31 heavy (non-hydrogen) atoms. The number of aryl methyl sites for hydroxylation is 2. The number of primary sulfonamides is 1. The molecule has 0 unspecified atom stereocenters. The van der Waals surface area contributed by atoms with Crippen LogP contribution in [0.4, 0.5) is 23.1 Å². The lowest BCUT2D eigenvalue weighted by Crippen LogP contribution is -2.14. The van der Waals surface area contributed by atoms with Crippen LogP contribution >= 0.6 is 0 Å². The molecule has 0 aliphatic heterocycles. The number of nitrogens with two attached hydrogens (primary N) is 1. The van der Waals surface area contributed by atoms with Crippen LogP contribution in [0.2, 0.25) is 0 Å². The van der Waals surface area contributed by atoms with Crippen LogP contribution in [0.1, 0.15) is 26.3 Å². The average molecular weight is 449 g/mol. The van der Waals surface area contributed by atoms with Crippen molar-refractivity contribution in [3.63, 3.8) is 0 Å². The minimum atomic E-state index is -4.53. The van der Waals surface area contributed by atoms with Gasteiger partial charge >= 0.3 is 0 Å². The zero-order chi connectivity index (χ0) is 31.8. The van der Waals surface area contributed by atoms with E-state index < -0.39 is 93.5 Å². The predicted octanol–water partition coefficient (Wildman–Crippen LogP) is 3.14. The molecule has 0 radical (unpaired) electrons. The first-order valence-corrected chi connectivity index (χ1v) is 10.2. The molecule has 160 valence electrons. The van der Waals surface area contributed by atoms with Gasteiger partial charge in [0.05, 0.1) is 21.4 Å². The quantitative estimate of drug-likeness (QED) is 0.481. The Labute approximate surface area is 196 Å². The zero-order valence-electron chi connectivity index (χ0n) is 27.5. The van der Waals surface area contributed by atoms with E-state index in [-0.39, 0.29) is 16.5 Å². The SMILES string of the molecule is [2H]c1nc(Nc2c([2H])c([2H])c(C)c(S(N)(=O)=O)c2[2H])nc(N(c2c([2H])c([2H])c3c(C)n(C)nc3c2[2H])C([2H])([2H])[2H])c1[2H]. The third kappa shape index (κ3) is 4.07. The summed E-state index contributed by atoms with van der Waals surface area (Å²) in [5.74, 6) is -1.46. The van der Waals surface area contributed by atoms with Gasteiger partial charge in [-0.25, -0.2) is 18.5 Å². The lowest BCUT2D eigenvalue weighted by Gasteiger charge is -2.19. The van der Waals surface area contributed by atoms with Crippen LogP contribution in [0, 0.1) is 13.8 Å². The Morgan fingerprint density at radius 2 is 2.00 bits per heavy atom. The Balaban J connectivity index is 2.01. The van der Waals surface area contributed by atoms with Gasteiger partial charge in [-0.3, -0.25) is 4.68 Å². The van der Waals surface area contributed by atoms with Gasteiger partial charge in [-0.2, -0.15) is 10.1 Å². The highest BCUT2D eigenvalue weighted by Crippen LogP contribution is 2.28. The van der Waals surface area contributed by atoms with E-state index in [1.165, 1.54) is 11.6 Å². The number of nitrogens with one attached hydrogen (secondary N) is 1. The van der Waals surface area contributed by atoms with Gasteiger partial charge in [0.1, 0.15) is 5.82 Å². The number of rotatable bonds is 5. The van der Waals surface area contributed by atoms with Crippen molar-refractivity contribution in [2.24, 2.45) is 12.2 Å². The summed E-state index contributed by atoms with van der Waals surface area (Å²) in [6, 6.07) is -4.57. The maximum Gasteiger partial charge on any atom is 0.238 e. The number of anilines is 4. The number of benzene rings is 2. The Kier molecular flexibility index (Phi) is 2.76. The minimum absolute atomic E-state index is 0.0823. The van der Waals surface area contributed by atoms with E-state index in [4.69, 9.17) is 20.2 Å². The standard InChI is InChI=1S/C21H23N7O2S/c1-13-5-6-15(11-19(13)31(22,29)30)24-21-23-10-9-20(25-21)27(3)16-7-8-17-14(2)28(4)26-18(17)12-16/h5-12H,1-4H3,(H2,22,29,30)(H,23,24,25)/i3D3,5D,6D,7D,8D,9D,10D,11D,12D. The van der Waals surface area contributed by atoms with Crippen molar-refractivity contribution in [3.05, 3.63) is 59.7 Å². The molecule has 0 spiro atoms. The summed E-state index contributed by atoms with van der Waals surface area (Å²) in [5, 5.41) is 11.9. The molecule has 0 aliphatic rings. The van der Waals surface area contributed by atoms with E-state index in [2.05, 4.69) is 20.4 Å². The molecule has 2 heterocycles. The third-order valence-electron chi connectivity index (χ3n) is 4.33. The summed E-state index contributed by atoms with van der Waals surface area (Å²) in [5.41, 5.74) is -1.13. The molecular weight excluding hydrogens is 414 g/mol. The van der Waals surface area contributed by atoms with Crippen molar-refractivity contribution in [2.45, 2.75) is 18.7 Å². The first kappa shape index (κ1) is 11.2. The van der Waals surface area contributed by atoms with Crippen molar-refractivity contribution < 1.29 is 23.5 Å². The number of fused-ring (bicyclic) bond motifs is 1. The Morgan fingerprint density at radius 1 is 1.19 bits per heavy atom. The van der Waals surface area contributed by atoms with E-state index in [9.17, 15) is 8.42 Å². The van der Waals surface area contributed by atoms with E-state index in [0.29, 0.717) is 10.6 Å². The van der Waals surface area contributed by atoms with Crippen LogP contribution in [0.3, 0.4) is 0 Å². The molecule has 2 aromatic carbocycles. The summed E-state index contributed by atoms with van der Waals surface area (Å²) in [6.45, 7) is -0.428. The molecular formula is C21H23N7O2S. The van der Waals surface area contributed by atoms with Crippen molar-refractivity contribution in [2.75, 3.05) is 17.2 Å². The zero-order valence-corrected chi connectivity index (χ0v) is 17.4. The number of hydrogen-bond donors (Lipinski definition) is 2. The predicted molar refractivity (Wildman–Crippen MR) is 121 cm³/mol. The molecule has 4 rings (SSSR count). The van der Waals surface area contributed by atoms with Gasteiger partial charge in [-0.05, 0) is 55.7 Å². The first-order valence-electron chi connectivity index (χ1n) is 14.2. The lowest BCUT2D eigenvalue weighted by atomic mass is 10.2. The smallest absolute Gasteiger partial charge is 0.238 e. The molecule has 0 saturated heterocycles. The highest BCUT2D eigenvalue weighted by Gasteiger charge is 2.14. The van der Waals surface area contributed by atoms with Gasteiger partial charge < -0.3 is 10.2 Å². The maximum atomic E-state index is 12.1. The number of sulfonamides is 1. The maximum absolute atomic E-state index is 12.1. The third-order valence-corrected chi connectivity index (χ3v) is 5.31. The Bertz CT molecular complexity index is 1910. The van der Waals surface area contributed by atoms with Gasteiger partial charge in [0, 0.05) is 46.8 Å². The number of nitrogens with zero attached hydrogens (tertiary/aromatic N) is 5. The highest BCUT2D eigenvalue weighted by atomic mass is 32.2. The van der Waals surface area contributed by atoms with E-state index in [1.54, 1.807) is 14.0 Å². The van der Waals surface area contributed by atoms with Crippen LogP contribution in [-0.2, 0) is 17.1 Å². The molecule has 0 aliphatic carbocycles. The average Bonchev–Trinajstić information content (AvgIpc) is 3.17. The Hall–Kier alpha value is -3.50. The normalized spacial score (nSPS) is 17.1. The fourth-order valence-electron chi connectivity index (χ4n) is 2.68. The van der Waals surface area contributed by atoms with Crippen molar-refractivity contribution >= 4 is 44.1 Å². The molecule has 9 nitrogen and oxygen atoms in total. The minimum Gasteiger partial charge on any atom is -0.329 e. The molecule has 4 aromatic rings. The van der Waals surface area contributed by atoms with Crippen molar-refractivity contribution in [3.8, 4) is 0 Å². The number of aromatic nitrogens is 4. The second-order valence-corrected chi connectivity index (χ2v) is 7.97. The van der Waals surface area contributed by atoms with E-state index in [1.807, 2.05) is 0 Å². The van der Waals surface area contributed by atoms with Gasteiger partial charge in [0.25, 0.3) is 0 Å². The summed E-state index contributed by atoms with van der Waals surface area (Å²) in [6.07, 6.45) is -0.849. The summed E-state index contributed by atoms with van der Waals surface area (Å²) >= 11 is 0. The monoisotopic (exact) mass is 448 g/mol. The van der Waals surface area contributed by atoms with E-state index >= 15 is 0 Å². The summed E-state index contributed by atoms with van der Waals surface area (Å²) in [7, 11) is -2.98. The van der Waals surface area contributed by atoms with Gasteiger partial charge in [0.15, 0.2) is 0 Å². The van der Waals surface area contributed by atoms with Crippen LogP contribution < -0.4 is 15.4 Å². The molecule has 3 N–H and O–H groups in total. The molecule has 0 bridgehead atoms. The van der Waals surface area contributed by atoms with Crippen LogP contribution in [0.15, 0.2) is 53.4 Å². The molecule has 10 heteroatoms. The van der Waals surface area contributed by atoms with Gasteiger partial charge in [0.2, 0.25) is 16.0 Å². The second-order valence-electron chi connectivity index (χ2n) is 6.47. The Morgan fingerprint density at radius 3 is 2.74 bits per heavy atom. The fraction of sp³-hybridized carbons (Fsp3) is 0.190. The largest absolute Gasteiger partial charge is 0.329 e. The van der Waals surface area contributed by atoms with Gasteiger partial charge in [-0.1, -0.05) is 6.04 Å². The van der Waals surface area contributed by atoms with E-state index in [0.717, 1.165) is 0 Å². The lowest BCUT2D eigenvalue weighted by molar-refractivity contribution is 0.597. The molecule has 0 fully saturated rings. The summed E-state index contributed by atoms with van der Waals surface area (Å²) < 4.78 is 117. The topological polar surface area (TPSA) is 119 Å². The van der Waals surface area contributed by atoms with Crippen LogP contribution in [0.5, 0.6) is 0 Å². The first-order chi connectivity index (χ1) is 19.2.